The van der Waals surface area contributed by atoms with Gasteiger partial charge in [0.2, 0.25) is 0 Å². The van der Waals surface area contributed by atoms with E-state index in [0.717, 1.165) is 45.3 Å². The van der Waals surface area contributed by atoms with E-state index < -0.39 is 11.6 Å². The highest BCUT2D eigenvalue weighted by Crippen LogP contribution is 2.26. The van der Waals surface area contributed by atoms with Crippen molar-refractivity contribution in [3.05, 3.63) is 0 Å². The lowest BCUT2D eigenvalue weighted by Crippen LogP contribution is -2.50. The molecule has 2 heterocycles. The normalized spacial score (nSPS) is 27.8. The first kappa shape index (κ1) is 14.8. The molecule has 2 fully saturated rings. The first-order valence-electron chi connectivity index (χ1n) is 7.30. The van der Waals surface area contributed by atoms with Gasteiger partial charge in [-0.1, -0.05) is 0 Å². The second kappa shape index (κ2) is 5.77. The van der Waals surface area contributed by atoms with E-state index in [1.165, 1.54) is 0 Å². The number of hydrogen-bond acceptors (Lipinski definition) is 4. The molecule has 0 aliphatic carbocycles. The molecule has 0 spiro atoms. The Balaban J connectivity index is 1.84. The van der Waals surface area contributed by atoms with Crippen molar-refractivity contribution in [2.75, 3.05) is 26.2 Å². The Morgan fingerprint density at radius 2 is 1.84 bits per heavy atom. The van der Waals surface area contributed by atoms with E-state index in [1.54, 1.807) is 0 Å². The predicted molar refractivity (Wildman–Crippen MR) is 73.1 cm³/mol. The van der Waals surface area contributed by atoms with E-state index in [-0.39, 0.29) is 6.04 Å². The number of piperidine rings is 1. The van der Waals surface area contributed by atoms with E-state index in [0.29, 0.717) is 12.6 Å². The maximum Gasteiger partial charge on any atom is 0.320 e. The van der Waals surface area contributed by atoms with E-state index in [2.05, 4.69) is 9.80 Å². The van der Waals surface area contributed by atoms with Gasteiger partial charge in [0.25, 0.3) is 0 Å². The van der Waals surface area contributed by atoms with Gasteiger partial charge in [-0.2, -0.15) is 0 Å². The molecule has 2 N–H and O–H groups in total. The Labute approximate surface area is 115 Å². The molecular formula is C14H26N2O3. The number of carbonyl (C=O) groups is 1. The van der Waals surface area contributed by atoms with Crippen molar-refractivity contribution in [2.24, 2.45) is 0 Å². The molecule has 5 nitrogen and oxygen atoms in total. The van der Waals surface area contributed by atoms with Crippen LogP contribution in [0, 0.1) is 0 Å². The SMILES string of the molecule is CC(C)(O)CN1CCC(N2CCCC2C(=O)O)CC1. The Morgan fingerprint density at radius 3 is 2.37 bits per heavy atom. The summed E-state index contributed by atoms with van der Waals surface area (Å²) in [5, 5.41) is 19.1. The molecule has 0 radical (unpaired) electrons. The molecule has 0 aromatic heterocycles. The van der Waals surface area contributed by atoms with Gasteiger partial charge in [0.1, 0.15) is 6.04 Å². The number of hydrogen-bond donors (Lipinski definition) is 2. The van der Waals surface area contributed by atoms with Crippen molar-refractivity contribution in [3.63, 3.8) is 0 Å². The maximum absolute atomic E-state index is 11.2. The summed E-state index contributed by atoms with van der Waals surface area (Å²) in [4.78, 5) is 15.7. The third-order valence-corrected chi connectivity index (χ3v) is 4.22. The summed E-state index contributed by atoms with van der Waals surface area (Å²) in [6.07, 6.45) is 3.82. The van der Waals surface area contributed by atoms with Gasteiger partial charge in [-0.3, -0.25) is 9.69 Å². The fourth-order valence-electron chi connectivity index (χ4n) is 3.45. The van der Waals surface area contributed by atoms with Crippen molar-refractivity contribution in [1.82, 2.24) is 9.80 Å². The van der Waals surface area contributed by atoms with E-state index >= 15 is 0 Å². The van der Waals surface area contributed by atoms with Gasteiger partial charge in [0, 0.05) is 12.6 Å². The van der Waals surface area contributed by atoms with Crippen molar-refractivity contribution in [3.8, 4) is 0 Å². The van der Waals surface area contributed by atoms with Crippen LogP contribution in [0.2, 0.25) is 0 Å². The van der Waals surface area contributed by atoms with Gasteiger partial charge in [-0.15, -0.1) is 0 Å². The summed E-state index contributed by atoms with van der Waals surface area (Å²) in [6.45, 7) is 7.20. The molecule has 0 amide bonds. The fraction of sp³-hybridized carbons (Fsp3) is 0.929. The summed E-state index contributed by atoms with van der Waals surface area (Å²) in [5.74, 6) is -0.670. The van der Waals surface area contributed by atoms with Crippen LogP contribution in [0.5, 0.6) is 0 Å². The molecule has 0 aromatic rings. The standard InChI is InChI=1S/C14H26N2O3/c1-14(2,19)10-15-8-5-11(6-9-15)16-7-3-4-12(16)13(17)18/h11-12,19H,3-10H2,1-2H3,(H,17,18). The second-order valence-electron chi connectivity index (χ2n) is 6.55. The van der Waals surface area contributed by atoms with E-state index in [4.69, 9.17) is 0 Å². The molecule has 19 heavy (non-hydrogen) atoms. The molecule has 1 unspecified atom stereocenters. The van der Waals surface area contributed by atoms with E-state index in [9.17, 15) is 15.0 Å². The number of likely N-dealkylation sites (tertiary alicyclic amines) is 2. The van der Waals surface area contributed by atoms with Crippen LogP contribution in [0.4, 0.5) is 0 Å². The minimum Gasteiger partial charge on any atom is -0.480 e. The van der Waals surface area contributed by atoms with Gasteiger partial charge >= 0.3 is 5.97 Å². The van der Waals surface area contributed by atoms with Crippen molar-refractivity contribution in [2.45, 2.75) is 57.2 Å². The topological polar surface area (TPSA) is 64.0 Å². The Morgan fingerprint density at radius 1 is 1.21 bits per heavy atom. The summed E-state index contributed by atoms with van der Waals surface area (Å²) in [5.41, 5.74) is -0.649. The summed E-state index contributed by atoms with van der Waals surface area (Å²) >= 11 is 0. The Kier molecular flexibility index (Phi) is 4.48. The van der Waals surface area contributed by atoms with Crippen LogP contribution in [0.3, 0.4) is 0 Å². The fourth-order valence-corrected chi connectivity index (χ4v) is 3.45. The van der Waals surface area contributed by atoms with Gasteiger partial charge in [-0.05, 0) is 59.2 Å². The molecule has 2 aliphatic heterocycles. The van der Waals surface area contributed by atoms with Crippen LogP contribution in [0.15, 0.2) is 0 Å². The number of aliphatic carboxylic acids is 1. The number of carboxylic acid groups (broad SMARTS) is 1. The van der Waals surface area contributed by atoms with Gasteiger partial charge in [0.15, 0.2) is 0 Å². The average Bonchev–Trinajstić information content (AvgIpc) is 2.76. The minimum absolute atomic E-state index is 0.272. The number of aliphatic hydroxyl groups is 1. The maximum atomic E-state index is 11.2. The lowest BCUT2D eigenvalue weighted by atomic mass is 10.00. The van der Waals surface area contributed by atoms with Gasteiger partial charge in [0.05, 0.1) is 5.60 Å². The molecule has 2 aliphatic rings. The van der Waals surface area contributed by atoms with Crippen molar-refractivity contribution >= 4 is 5.97 Å². The van der Waals surface area contributed by atoms with Crippen LogP contribution in [0.25, 0.3) is 0 Å². The zero-order valence-corrected chi connectivity index (χ0v) is 12.0. The third-order valence-electron chi connectivity index (χ3n) is 4.22. The highest BCUT2D eigenvalue weighted by molar-refractivity contribution is 5.73. The Bertz CT molecular complexity index is 319. The monoisotopic (exact) mass is 270 g/mol. The smallest absolute Gasteiger partial charge is 0.320 e. The number of nitrogens with zero attached hydrogens (tertiary/aromatic N) is 2. The molecule has 5 heteroatoms. The lowest BCUT2D eigenvalue weighted by Gasteiger charge is -2.39. The molecule has 0 aromatic carbocycles. The predicted octanol–water partition coefficient (Wildman–Crippen LogP) is 0.771. The number of carboxylic acids is 1. The lowest BCUT2D eigenvalue weighted by molar-refractivity contribution is -0.143. The van der Waals surface area contributed by atoms with Crippen LogP contribution in [-0.2, 0) is 4.79 Å². The van der Waals surface area contributed by atoms with Gasteiger partial charge < -0.3 is 15.1 Å². The van der Waals surface area contributed by atoms with Crippen LogP contribution >= 0.6 is 0 Å². The largest absolute Gasteiger partial charge is 0.480 e. The van der Waals surface area contributed by atoms with Crippen LogP contribution in [-0.4, -0.2) is 69.8 Å². The summed E-state index contributed by atoms with van der Waals surface area (Å²) in [7, 11) is 0. The zero-order chi connectivity index (χ0) is 14.0. The quantitative estimate of drug-likeness (QED) is 0.790. The highest BCUT2D eigenvalue weighted by atomic mass is 16.4. The van der Waals surface area contributed by atoms with E-state index in [1.807, 2.05) is 13.8 Å². The first-order valence-corrected chi connectivity index (χ1v) is 7.30. The molecule has 2 rings (SSSR count). The van der Waals surface area contributed by atoms with Gasteiger partial charge in [-0.25, -0.2) is 0 Å². The highest BCUT2D eigenvalue weighted by Gasteiger charge is 2.36. The minimum atomic E-state index is -0.670. The number of β-amino-alcohol motifs (C(OH)–C–C–N with tert-alkyl or cyclic N) is 1. The van der Waals surface area contributed by atoms with Crippen LogP contribution < -0.4 is 0 Å². The molecule has 110 valence electrons. The number of rotatable bonds is 4. The van der Waals surface area contributed by atoms with Crippen molar-refractivity contribution < 1.29 is 15.0 Å². The molecule has 0 bridgehead atoms. The second-order valence-corrected chi connectivity index (χ2v) is 6.55. The molecule has 1 atom stereocenters. The zero-order valence-electron chi connectivity index (χ0n) is 12.0. The van der Waals surface area contributed by atoms with Crippen molar-refractivity contribution in [1.29, 1.82) is 0 Å². The average molecular weight is 270 g/mol. The first-order chi connectivity index (χ1) is 8.87. The third kappa shape index (κ3) is 3.91. The molecular weight excluding hydrogens is 244 g/mol. The Hall–Kier alpha value is -0.650. The molecule has 0 saturated carbocycles. The summed E-state index contributed by atoms with van der Waals surface area (Å²) in [6, 6.07) is 0.132. The summed E-state index contributed by atoms with van der Waals surface area (Å²) < 4.78 is 0. The molecule has 2 saturated heterocycles. The van der Waals surface area contributed by atoms with Crippen LogP contribution in [0.1, 0.15) is 39.5 Å².